The highest BCUT2D eigenvalue weighted by molar-refractivity contribution is 5.60. The average molecular weight is 371 g/mol. The van der Waals surface area contributed by atoms with E-state index in [9.17, 15) is 22.7 Å². The number of aliphatic hydroxyl groups is 1. The molecule has 0 aliphatic carbocycles. The Morgan fingerprint density at radius 2 is 2.12 bits per heavy atom. The van der Waals surface area contributed by atoms with Gasteiger partial charge in [0.1, 0.15) is 5.82 Å². The Kier molecular flexibility index (Phi) is 5.12. The molecular weight excluding hydrogens is 350 g/mol. The van der Waals surface area contributed by atoms with E-state index in [1.807, 2.05) is 19.1 Å². The van der Waals surface area contributed by atoms with Crippen molar-refractivity contribution in [1.82, 2.24) is 0 Å². The summed E-state index contributed by atoms with van der Waals surface area (Å²) in [6.07, 6.45) is -1.40. The number of nitrogens with one attached hydrogen (secondary N) is 1. The number of hydrogen-bond acceptors (Lipinski definition) is 3. The molecule has 2 heterocycles. The van der Waals surface area contributed by atoms with E-state index in [0.717, 1.165) is 11.6 Å². The van der Waals surface area contributed by atoms with Crippen molar-refractivity contribution in [3.63, 3.8) is 0 Å². The number of aliphatic hydroxyl groups excluding tert-OH is 1. The van der Waals surface area contributed by atoms with Crippen molar-refractivity contribution in [3.05, 3.63) is 53.4 Å². The van der Waals surface area contributed by atoms with Gasteiger partial charge in [-0.15, -0.1) is 0 Å². The van der Waals surface area contributed by atoms with E-state index in [-0.39, 0.29) is 29.8 Å². The third kappa shape index (κ3) is 3.25. The summed E-state index contributed by atoms with van der Waals surface area (Å²) >= 11 is 0. The molecule has 0 radical (unpaired) electrons. The molecular formula is C19H21F4NO2. The fraction of sp³-hybridized carbons (Fsp3) is 0.474. The maximum atomic E-state index is 14.8. The lowest BCUT2D eigenvalue weighted by Gasteiger charge is -2.45. The number of fused-ring (bicyclic) bond motifs is 3. The van der Waals surface area contributed by atoms with Gasteiger partial charge >= 0.3 is 6.18 Å². The zero-order valence-corrected chi connectivity index (χ0v) is 14.3. The van der Waals surface area contributed by atoms with E-state index in [4.69, 9.17) is 4.74 Å². The van der Waals surface area contributed by atoms with E-state index in [0.29, 0.717) is 12.8 Å². The average Bonchev–Trinajstić information content (AvgIpc) is 2.59. The van der Waals surface area contributed by atoms with Crippen molar-refractivity contribution in [2.45, 2.75) is 44.2 Å². The van der Waals surface area contributed by atoms with Crippen molar-refractivity contribution >= 4 is 5.69 Å². The molecule has 2 aliphatic heterocycles. The van der Waals surface area contributed by atoms with E-state index in [1.165, 1.54) is 6.07 Å². The number of ether oxygens (including phenoxy) is 1. The third-order valence-corrected chi connectivity index (χ3v) is 5.04. The monoisotopic (exact) mass is 371 g/mol. The van der Waals surface area contributed by atoms with Gasteiger partial charge in [-0.2, -0.15) is 13.2 Å². The molecule has 3 rings (SSSR count). The molecule has 1 saturated heterocycles. The van der Waals surface area contributed by atoms with Gasteiger partial charge in [0.25, 0.3) is 0 Å². The van der Waals surface area contributed by atoms with E-state index < -0.39 is 29.8 Å². The summed E-state index contributed by atoms with van der Waals surface area (Å²) in [5, 5.41) is 12.5. The van der Waals surface area contributed by atoms with Gasteiger partial charge in [0, 0.05) is 17.2 Å². The summed E-state index contributed by atoms with van der Waals surface area (Å²) in [5.41, 5.74) is -0.407. The Morgan fingerprint density at radius 3 is 2.73 bits per heavy atom. The quantitative estimate of drug-likeness (QED) is 0.603. The van der Waals surface area contributed by atoms with Crippen molar-refractivity contribution in [3.8, 4) is 0 Å². The van der Waals surface area contributed by atoms with Crippen LogP contribution in [0.1, 0.15) is 37.0 Å². The summed E-state index contributed by atoms with van der Waals surface area (Å²) < 4.78 is 60.0. The molecule has 0 amide bonds. The van der Waals surface area contributed by atoms with Crippen LogP contribution in [0, 0.1) is 11.7 Å². The van der Waals surface area contributed by atoms with Gasteiger partial charge in [-0.05, 0) is 37.5 Å². The second-order valence-electron chi connectivity index (χ2n) is 6.69. The minimum atomic E-state index is -4.79. The number of rotatable bonds is 3. The van der Waals surface area contributed by atoms with Gasteiger partial charge in [-0.25, -0.2) is 4.39 Å². The molecule has 2 aliphatic rings. The molecule has 26 heavy (non-hydrogen) atoms. The van der Waals surface area contributed by atoms with Crippen LogP contribution in [0.3, 0.4) is 0 Å². The van der Waals surface area contributed by atoms with Crippen LogP contribution in [-0.2, 0) is 10.9 Å². The van der Waals surface area contributed by atoms with Gasteiger partial charge < -0.3 is 15.2 Å². The minimum Gasteiger partial charge on any atom is -0.394 e. The largest absolute Gasteiger partial charge is 0.419 e. The first-order valence-corrected chi connectivity index (χ1v) is 8.51. The first-order valence-electron chi connectivity index (χ1n) is 8.51. The molecule has 7 heteroatoms. The normalized spacial score (nSPS) is 28.4. The highest BCUT2D eigenvalue weighted by Gasteiger charge is 2.46. The van der Waals surface area contributed by atoms with Crippen LogP contribution in [0.15, 0.2) is 36.4 Å². The molecule has 1 aromatic carbocycles. The molecule has 142 valence electrons. The maximum absolute atomic E-state index is 14.8. The van der Waals surface area contributed by atoms with Crippen molar-refractivity contribution in [2.24, 2.45) is 5.92 Å². The number of allylic oxidation sites excluding steroid dienone is 1. The van der Waals surface area contributed by atoms with Crippen LogP contribution >= 0.6 is 0 Å². The van der Waals surface area contributed by atoms with E-state index in [2.05, 4.69) is 11.9 Å². The fourth-order valence-corrected chi connectivity index (χ4v) is 3.84. The molecule has 2 unspecified atom stereocenters. The Hall–Kier alpha value is -1.86. The SMILES string of the molecule is C=C(C=CC)C1Nc2ccc(C(F)(F)F)c(F)c2[C@H]2OC(CO)CC[C@@H]12. The first kappa shape index (κ1) is 18.9. The maximum Gasteiger partial charge on any atom is 0.419 e. The molecule has 0 bridgehead atoms. The second kappa shape index (κ2) is 7.04. The summed E-state index contributed by atoms with van der Waals surface area (Å²) in [7, 11) is 0. The lowest BCUT2D eigenvalue weighted by molar-refractivity contribution is -0.141. The zero-order chi connectivity index (χ0) is 19.1. The smallest absolute Gasteiger partial charge is 0.394 e. The molecule has 0 spiro atoms. The standard InChI is InChI=1S/C19H21F4NO2/c1-3-4-10(2)17-12-6-5-11(9-25)26-18(12)15-14(24-17)8-7-13(16(15)20)19(21,22)23/h3-4,7-8,11-12,17-18,24-25H,2,5-6,9H2,1H3/t11?,12-,17?,18-/m0/s1. The molecule has 1 fully saturated rings. The molecule has 3 nitrogen and oxygen atoms in total. The van der Waals surface area contributed by atoms with Crippen molar-refractivity contribution < 1.29 is 27.4 Å². The van der Waals surface area contributed by atoms with Crippen LogP contribution in [-0.4, -0.2) is 23.9 Å². The number of benzene rings is 1. The Morgan fingerprint density at radius 1 is 1.38 bits per heavy atom. The minimum absolute atomic E-state index is 0.118. The molecule has 4 atom stereocenters. The fourth-order valence-electron chi connectivity index (χ4n) is 3.84. The lowest BCUT2D eigenvalue weighted by Crippen LogP contribution is -2.45. The summed E-state index contributed by atoms with van der Waals surface area (Å²) in [6, 6.07) is 1.70. The topological polar surface area (TPSA) is 41.5 Å². The number of hydrogen-bond donors (Lipinski definition) is 2. The summed E-state index contributed by atoms with van der Waals surface area (Å²) in [5.74, 6) is -1.59. The number of halogens is 4. The highest BCUT2D eigenvalue weighted by atomic mass is 19.4. The Labute approximate surface area is 149 Å². The van der Waals surface area contributed by atoms with Crippen LogP contribution < -0.4 is 5.32 Å². The van der Waals surface area contributed by atoms with Gasteiger partial charge in [-0.3, -0.25) is 0 Å². The van der Waals surface area contributed by atoms with Crippen LogP contribution in [0.4, 0.5) is 23.2 Å². The zero-order valence-electron chi connectivity index (χ0n) is 14.3. The van der Waals surface area contributed by atoms with Crippen LogP contribution in [0.2, 0.25) is 0 Å². The second-order valence-corrected chi connectivity index (χ2v) is 6.69. The number of anilines is 1. The molecule has 0 aromatic heterocycles. The third-order valence-electron chi connectivity index (χ3n) is 5.04. The van der Waals surface area contributed by atoms with Crippen LogP contribution in [0.25, 0.3) is 0 Å². The van der Waals surface area contributed by atoms with Crippen LogP contribution in [0.5, 0.6) is 0 Å². The summed E-state index contributed by atoms with van der Waals surface area (Å²) in [6.45, 7) is 5.61. The summed E-state index contributed by atoms with van der Waals surface area (Å²) in [4.78, 5) is 0. The molecule has 0 saturated carbocycles. The lowest BCUT2D eigenvalue weighted by atomic mass is 9.76. The molecule has 2 N–H and O–H groups in total. The Bertz CT molecular complexity index is 729. The Balaban J connectivity index is 2.10. The van der Waals surface area contributed by atoms with Gasteiger partial charge in [0.15, 0.2) is 0 Å². The highest BCUT2D eigenvalue weighted by Crippen LogP contribution is 2.49. The van der Waals surface area contributed by atoms with E-state index in [1.54, 1.807) is 0 Å². The first-order chi connectivity index (χ1) is 12.3. The van der Waals surface area contributed by atoms with E-state index >= 15 is 0 Å². The van der Waals surface area contributed by atoms with Gasteiger partial charge in [0.2, 0.25) is 0 Å². The van der Waals surface area contributed by atoms with Gasteiger partial charge in [-0.1, -0.05) is 18.7 Å². The predicted octanol–water partition coefficient (Wildman–Crippen LogP) is 4.60. The van der Waals surface area contributed by atoms with Crippen molar-refractivity contribution in [2.75, 3.05) is 11.9 Å². The van der Waals surface area contributed by atoms with Crippen molar-refractivity contribution in [1.29, 1.82) is 0 Å². The molecule has 1 aromatic rings. The number of alkyl halides is 3. The van der Waals surface area contributed by atoms with Gasteiger partial charge in [0.05, 0.1) is 30.4 Å². The predicted molar refractivity (Wildman–Crippen MR) is 90.2 cm³/mol.